The number of anilines is 1. The fourth-order valence-electron chi connectivity index (χ4n) is 1.43. The van der Waals surface area contributed by atoms with Crippen molar-refractivity contribution in [3.05, 3.63) is 40.8 Å². The maximum Gasteiger partial charge on any atom is 0.336 e. The minimum Gasteiger partial charge on any atom is -0.420 e. The molecule has 16 heavy (non-hydrogen) atoms. The number of para-hydroxylation sites is 1. The average molecular weight is 217 g/mol. The Labute approximate surface area is 91.9 Å². The molecule has 0 bridgehead atoms. The number of hydrogen-bond donors (Lipinski definition) is 1. The summed E-state index contributed by atoms with van der Waals surface area (Å²) in [6.07, 6.45) is 0.382. The first kappa shape index (κ1) is 10.4. The summed E-state index contributed by atoms with van der Waals surface area (Å²) in [4.78, 5) is 22.4. The van der Waals surface area contributed by atoms with Crippen LogP contribution in [0.1, 0.15) is 13.3 Å². The quantitative estimate of drug-likeness (QED) is 0.784. The second kappa shape index (κ2) is 4.18. The molecule has 0 radical (unpaired) electrons. The van der Waals surface area contributed by atoms with Crippen LogP contribution in [0.3, 0.4) is 0 Å². The van der Waals surface area contributed by atoms with Gasteiger partial charge in [-0.1, -0.05) is 19.1 Å². The highest BCUT2D eigenvalue weighted by Gasteiger charge is 2.06. The van der Waals surface area contributed by atoms with Crippen LogP contribution in [0.2, 0.25) is 0 Å². The van der Waals surface area contributed by atoms with Crippen molar-refractivity contribution in [2.75, 3.05) is 5.32 Å². The van der Waals surface area contributed by atoms with Crippen molar-refractivity contribution in [3.63, 3.8) is 0 Å². The second-order valence-electron chi connectivity index (χ2n) is 3.38. The molecule has 0 saturated carbocycles. The van der Waals surface area contributed by atoms with Gasteiger partial charge < -0.3 is 9.73 Å². The van der Waals surface area contributed by atoms with Gasteiger partial charge >= 0.3 is 5.63 Å². The Morgan fingerprint density at radius 2 is 2.12 bits per heavy atom. The molecule has 2 aromatic rings. The zero-order valence-corrected chi connectivity index (χ0v) is 8.82. The minimum atomic E-state index is -0.425. The standard InChI is InChI=1S/C12H11NO3/c1-2-10(14)13-9-5-3-4-8-6-7-11(15)16-12(8)9/h3-7H,2H2,1H3,(H,13,14). The Kier molecular flexibility index (Phi) is 2.72. The molecule has 0 aliphatic rings. The van der Waals surface area contributed by atoms with Gasteiger partial charge in [0.15, 0.2) is 5.58 Å². The van der Waals surface area contributed by atoms with Gasteiger partial charge in [-0.05, 0) is 12.1 Å². The van der Waals surface area contributed by atoms with Gasteiger partial charge in [-0.3, -0.25) is 4.79 Å². The molecule has 1 N–H and O–H groups in total. The van der Waals surface area contributed by atoms with Crippen LogP contribution in [-0.2, 0) is 4.79 Å². The van der Waals surface area contributed by atoms with Gasteiger partial charge in [-0.2, -0.15) is 0 Å². The Hall–Kier alpha value is -2.10. The molecular formula is C12H11NO3. The van der Waals surface area contributed by atoms with E-state index in [0.717, 1.165) is 5.39 Å². The van der Waals surface area contributed by atoms with Crippen molar-refractivity contribution in [3.8, 4) is 0 Å². The number of nitrogens with one attached hydrogen (secondary N) is 1. The van der Waals surface area contributed by atoms with E-state index in [4.69, 9.17) is 4.42 Å². The van der Waals surface area contributed by atoms with Gasteiger partial charge in [-0.25, -0.2) is 4.79 Å². The molecule has 1 aromatic heterocycles. The fourth-order valence-corrected chi connectivity index (χ4v) is 1.43. The molecule has 2 rings (SSSR count). The molecule has 0 aliphatic heterocycles. The molecule has 0 fully saturated rings. The van der Waals surface area contributed by atoms with Crippen LogP contribution in [0.4, 0.5) is 5.69 Å². The van der Waals surface area contributed by atoms with Crippen molar-refractivity contribution < 1.29 is 9.21 Å². The lowest BCUT2D eigenvalue weighted by atomic mass is 10.2. The number of rotatable bonds is 2. The van der Waals surface area contributed by atoms with Gasteiger partial charge in [-0.15, -0.1) is 0 Å². The summed E-state index contributed by atoms with van der Waals surface area (Å²) in [6.45, 7) is 1.76. The maximum atomic E-state index is 11.3. The zero-order valence-electron chi connectivity index (χ0n) is 8.82. The topological polar surface area (TPSA) is 59.3 Å². The molecule has 1 aromatic carbocycles. The van der Waals surface area contributed by atoms with E-state index >= 15 is 0 Å². The Balaban J connectivity index is 2.56. The summed E-state index contributed by atoms with van der Waals surface area (Å²) in [7, 11) is 0. The third-order valence-electron chi connectivity index (χ3n) is 2.24. The van der Waals surface area contributed by atoms with Crippen molar-refractivity contribution in [2.45, 2.75) is 13.3 Å². The van der Waals surface area contributed by atoms with Crippen molar-refractivity contribution in [1.82, 2.24) is 0 Å². The van der Waals surface area contributed by atoms with E-state index in [1.54, 1.807) is 25.1 Å². The first-order valence-electron chi connectivity index (χ1n) is 5.03. The zero-order chi connectivity index (χ0) is 11.5. The van der Waals surface area contributed by atoms with E-state index in [1.165, 1.54) is 6.07 Å². The molecule has 0 spiro atoms. The first-order chi connectivity index (χ1) is 7.70. The van der Waals surface area contributed by atoms with Crippen LogP contribution in [0.25, 0.3) is 11.0 Å². The number of carbonyl (C=O) groups is 1. The first-order valence-corrected chi connectivity index (χ1v) is 5.03. The number of amides is 1. The SMILES string of the molecule is CCC(=O)Nc1cccc2ccc(=O)oc12. The van der Waals surface area contributed by atoms with Crippen LogP contribution < -0.4 is 10.9 Å². The van der Waals surface area contributed by atoms with Crippen molar-refractivity contribution in [1.29, 1.82) is 0 Å². The summed E-state index contributed by atoms with van der Waals surface area (Å²) in [6, 6.07) is 8.35. The normalized spacial score (nSPS) is 10.3. The smallest absolute Gasteiger partial charge is 0.336 e. The second-order valence-corrected chi connectivity index (χ2v) is 3.38. The van der Waals surface area contributed by atoms with Gasteiger partial charge in [0.2, 0.25) is 5.91 Å². The van der Waals surface area contributed by atoms with Gasteiger partial charge in [0.25, 0.3) is 0 Å². The van der Waals surface area contributed by atoms with Crippen molar-refractivity contribution in [2.24, 2.45) is 0 Å². The molecule has 0 aliphatic carbocycles. The van der Waals surface area contributed by atoms with Crippen LogP contribution >= 0.6 is 0 Å². The van der Waals surface area contributed by atoms with E-state index in [0.29, 0.717) is 17.7 Å². The number of benzene rings is 1. The van der Waals surface area contributed by atoms with Gasteiger partial charge in [0.1, 0.15) is 0 Å². The summed E-state index contributed by atoms with van der Waals surface area (Å²) in [5, 5.41) is 3.48. The molecule has 4 heteroatoms. The Morgan fingerprint density at radius 1 is 1.31 bits per heavy atom. The number of hydrogen-bond acceptors (Lipinski definition) is 3. The van der Waals surface area contributed by atoms with E-state index in [-0.39, 0.29) is 5.91 Å². The lowest BCUT2D eigenvalue weighted by molar-refractivity contribution is -0.115. The van der Waals surface area contributed by atoms with E-state index < -0.39 is 5.63 Å². The molecule has 0 atom stereocenters. The molecule has 82 valence electrons. The molecule has 0 saturated heterocycles. The highest BCUT2D eigenvalue weighted by atomic mass is 16.4. The maximum absolute atomic E-state index is 11.3. The summed E-state index contributed by atoms with van der Waals surface area (Å²) in [5.74, 6) is -0.112. The Bertz CT molecular complexity index is 586. The molecule has 1 amide bonds. The summed E-state index contributed by atoms with van der Waals surface area (Å²) in [5.41, 5.74) is 0.518. The molecule has 4 nitrogen and oxygen atoms in total. The monoisotopic (exact) mass is 217 g/mol. The van der Waals surface area contributed by atoms with Crippen LogP contribution in [0.15, 0.2) is 39.5 Å². The Morgan fingerprint density at radius 3 is 2.88 bits per heavy atom. The van der Waals surface area contributed by atoms with Gasteiger partial charge in [0.05, 0.1) is 5.69 Å². The van der Waals surface area contributed by atoms with E-state index in [2.05, 4.69) is 5.32 Å². The van der Waals surface area contributed by atoms with E-state index in [9.17, 15) is 9.59 Å². The molecular weight excluding hydrogens is 206 g/mol. The molecule has 0 unspecified atom stereocenters. The van der Waals surface area contributed by atoms with Crippen LogP contribution in [0, 0.1) is 0 Å². The van der Waals surface area contributed by atoms with Crippen LogP contribution in [-0.4, -0.2) is 5.91 Å². The lowest BCUT2D eigenvalue weighted by Gasteiger charge is -2.05. The number of carbonyl (C=O) groups excluding carboxylic acids is 1. The highest BCUT2D eigenvalue weighted by molar-refractivity contribution is 5.99. The minimum absolute atomic E-state index is 0.112. The molecule has 1 heterocycles. The van der Waals surface area contributed by atoms with Crippen molar-refractivity contribution >= 4 is 22.6 Å². The fraction of sp³-hybridized carbons (Fsp3) is 0.167. The number of fused-ring (bicyclic) bond motifs is 1. The predicted octanol–water partition coefficient (Wildman–Crippen LogP) is 2.14. The largest absolute Gasteiger partial charge is 0.420 e. The van der Waals surface area contributed by atoms with Crippen LogP contribution in [0.5, 0.6) is 0 Å². The van der Waals surface area contributed by atoms with E-state index in [1.807, 2.05) is 6.07 Å². The van der Waals surface area contributed by atoms with Gasteiger partial charge in [0, 0.05) is 17.9 Å². The summed E-state index contributed by atoms with van der Waals surface area (Å²) < 4.78 is 5.07. The summed E-state index contributed by atoms with van der Waals surface area (Å²) >= 11 is 0. The predicted molar refractivity (Wildman–Crippen MR) is 61.4 cm³/mol. The highest BCUT2D eigenvalue weighted by Crippen LogP contribution is 2.21. The third kappa shape index (κ3) is 1.95. The third-order valence-corrected chi connectivity index (χ3v) is 2.24. The lowest BCUT2D eigenvalue weighted by Crippen LogP contribution is -2.10. The average Bonchev–Trinajstić information content (AvgIpc) is 2.29.